The van der Waals surface area contributed by atoms with E-state index in [9.17, 15) is 0 Å². The summed E-state index contributed by atoms with van der Waals surface area (Å²) >= 11 is 0. The highest BCUT2D eigenvalue weighted by atomic mass is 14.9. The zero-order chi connectivity index (χ0) is 13.0. The first-order chi connectivity index (χ1) is 8.62. The maximum atomic E-state index is 4.27. The van der Waals surface area contributed by atoms with E-state index >= 15 is 0 Å². The van der Waals surface area contributed by atoms with Crippen LogP contribution in [0.15, 0.2) is 24.5 Å². The molecule has 2 rings (SSSR count). The van der Waals surface area contributed by atoms with Crippen LogP contribution in [0.5, 0.6) is 0 Å². The van der Waals surface area contributed by atoms with Gasteiger partial charge >= 0.3 is 0 Å². The quantitative estimate of drug-likeness (QED) is 0.870. The number of nitrogens with zero attached hydrogens (tertiary/aromatic N) is 1. The highest BCUT2D eigenvalue weighted by Gasteiger charge is 2.31. The predicted molar refractivity (Wildman–Crippen MR) is 76.4 cm³/mol. The van der Waals surface area contributed by atoms with E-state index in [2.05, 4.69) is 37.1 Å². The van der Waals surface area contributed by atoms with Crippen LogP contribution < -0.4 is 5.32 Å². The Morgan fingerprint density at radius 3 is 2.67 bits per heavy atom. The van der Waals surface area contributed by atoms with Crippen molar-refractivity contribution in [2.75, 3.05) is 6.54 Å². The third-order valence-corrected chi connectivity index (χ3v) is 4.32. The molecule has 1 aromatic rings. The fourth-order valence-electron chi connectivity index (χ4n) is 3.09. The third-order valence-electron chi connectivity index (χ3n) is 4.32. The van der Waals surface area contributed by atoms with Gasteiger partial charge in [-0.2, -0.15) is 0 Å². The van der Waals surface area contributed by atoms with Gasteiger partial charge in [-0.3, -0.25) is 4.98 Å². The van der Waals surface area contributed by atoms with E-state index in [-0.39, 0.29) is 0 Å². The topological polar surface area (TPSA) is 24.9 Å². The van der Waals surface area contributed by atoms with E-state index in [1.165, 1.54) is 31.2 Å². The molecule has 1 aliphatic rings. The molecule has 1 saturated carbocycles. The molecule has 1 fully saturated rings. The molecule has 0 saturated heterocycles. The molecule has 1 N–H and O–H groups in total. The molecule has 1 aliphatic carbocycles. The Balaban J connectivity index is 2.07. The standard InChI is InChI=1S/C16H26N2/c1-4-18-15(14-6-5-11-17-12-14)13-7-9-16(2,3)10-8-13/h5-6,11-13,15,18H,4,7-10H2,1-3H3. The van der Waals surface area contributed by atoms with Gasteiger partial charge in [0, 0.05) is 18.4 Å². The predicted octanol–water partition coefficient (Wildman–Crippen LogP) is 3.95. The van der Waals surface area contributed by atoms with Crippen LogP contribution in [0.25, 0.3) is 0 Å². The molecule has 1 aromatic heterocycles. The summed E-state index contributed by atoms with van der Waals surface area (Å²) in [5.41, 5.74) is 1.89. The summed E-state index contributed by atoms with van der Waals surface area (Å²) in [5.74, 6) is 0.766. The molecule has 1 heterocycles. The number of hydrogen-bond donors (Lipinski definition) is 1. The van der Waals surface area contributed by atoms with Gasteiger partial charge < -0.3 is 5.32 Å². The Labute approximate surface area is 111 Å². The molecular formula is C16H26N2. The van der Waals surface area contributed by atoms with Crippen molar-refractivity contribution in [1.82, 2.24) is 10.3 Å². The lowest BCUT2D eigenvalue weighted by atomic mass is 9.70. The fourth-order valence-corrected chi connectivity index (χ4v) is 3.09. The first kappa shape index (κ1) is 13.5. The summed E-state index contributed by atoms with van der Waals surface area (Å²) in [6.07, 6.45) is 9.24. The molecule has 0 aliphatic heterocycles. The van der Waals surface area contributed by atoms with Crippen LogP contribution in [-0.2, 0) is 0 Å². The Morgan fingerprint density at radius 1 is 1.39 bits per heavy atom. The van der Waals surface area contributed by atoms with Crippen molar-refractivity contribution in [3.05, 3.63) is 30.1 Å². The van der Waals surface area contributed by atoms with Gasteiger partial charge in [-0.25, -0.2) is 0 Å². The van der Waals surface area contributed by atoms with Crippen molar-refractivity contribution >= 4 is 0 Å². The van der Waals surface area contributed by atoms with E-state index < -0.39 is 0 Å². The minimum Gasteiger partial charge on any atom is -0.310 e. The molecule has 0 amide bonds. The van der Waals surface area contributed by atoms with Gasteiger partial charge in [0.2, 0.25) is 0 Å². The summed E-state index contributed by atoms with van der Waals surface area (Å²) in [6.45, 7) is 8.01. The zero-order valence-corrected chi connectivity index (χ0v) is 11.9. The molecule has 18 heavy (non-hydrogen) atoms. The van der Waals surface area contributed by atoms with Gasteiger partial charge in [-0.15, -0.1) is 0 Å². The summed E-state index contributed by atoms with van der Waals surface area (Å²) in [7, 11) is 0. The normalized spacial score (nSPS) is 21.7. The lowest BCUT2D eigenvalue weighted by molar-refractivity contribution is 0.162. The number of rotatable bonds is 4. The number of pyridine rings is 1. The second kappa shape index (κ2) is 5.83. The van der Waals surface area contributed by atoms with Crippen molar-refractivity contribution in [1.29, 1.82) is 0 Å². The van der Waals surface area contributed by atoms with Gasteiger partial charge in [-0.1, -0.05) is 26.8 Å². The molecule has 0 bridgehead atoms. The van der Waals surface area contributed by atoms with Crippen molar-refractivity contribution in [3.63, 3.8) is 0 Å². The zero-order valence-electron chi connectivity index (χ0n) is 11.9. The van der Waals surface area contributed by atoms with Crippen LogP contribution in [0.3, 0.4) is 0 Å². The van der Waals surface area contributed by atoms with Crippen LogP contribution in [-0.4, -0.2) is 11.5 Å². The summed E-state index contributed by atoms with van der Waals surface area (Å²) < 4.78 is 0. The van der Waals surface area contributed by atoms with E-state index in [0.29, 0.717) is 11.5 Å². The minimum atomic E-state index is 0.486. The second-order valence-electron chi connectivity index (χ2n) is 6.32. The summed E-state index contributed by atoms with van der Waals surface area (Å²) in [4.78, 5) is 4.27. The van der Waals surface area contributed by atoms with Crippen molar-refractivity contribution in [2.45, 2.75) is 52.5 Å². The maximum absolute atomic E-state index is 4.27. The van der Waals surface area contributed by atoms with Crippen molar-refractivity contribution in [2.24, 2.45) is 11.3 Å². The van der Waals surface area contributed by atoms with Gasteiger partial charge in [0.1, 0.15) is 0 Å². The molecule has 0 spiro atoms. The molecule has 0 aromatic carbocycles. The van der Waals surface area contributed by atoms with Crippen LogP contribution in [0, 0.1) is 11.3 Å². The van der Waals surface area contributed by atoms with E-state index in [1.807, 2.05) is 18.5 Å². The average Bonchev–Trinajstić information content (AvgIpc) is 2.38. The lowest BCUT2D eigenvalue weighted by Gasteiger charge is -2.38. The Bertz CT molecular complexity index is 349. The first-order valence-corrected chi connectivity index (χ1v) is 7.26. The number of hydrogen-bond acceptors (Lipinski definition) is 2. The molecule has 1 unspecified atom stereocenters. The Morgan fingerprint density at radius 2 is 2.11 bits per heavy atom. The molecule has 2 nitrogen and oxygen atoms in total. The highest BCUT2D eigenvalue weighted by molar-refractivity contribution is 5.15. The average molecular weight is 246 g/mol. The molecular weight excluding hydrogens is 220 g/mol. The Kier molecular flexibility index (Phi) is 4.39. The van der Waals surface area contributed by atoms with Crippen molar-refractivity contribution in [3.8, 4) is 0 Å². The van der Waals surface area contributed by atoms with Gasteiger partial charge in [0.05, 0.1) is 0 Å². The summed E-state index contributed by atoms with van der Waals surface area (Å²) in [5, 5.41) is 3.66. The lowest BCUT2D eigenvalue weighted by Crippen LogP contribution is -2.32. The van der Waals surface area contributed by atoms with Crippen LogP contribution in [0.1, 0.15) is 58.1 Å². The third kappa shape index (κ3) is 3.32. The van der Waals surface area contributed by atoms with E-state index in [1.54, 1.807) is 0 Å². The summed E-state index contributed by atoms with van der Waals surface area (Å²) in [6, 6.07) is 4.74. The van der Waals surface area contributed by atoms with E-state index in [4.69, 9.17) is 0 Å². The number of nitrogens with one attached hydrogen (secondary N) is 1. The second-order valence-corrected chi connectivity index (χ2v) is 6.32. The van der Waals surface area contributed by atoms with Crippen LogP contribution in [0.2, 0.25) is 0 Å². The molecule has 0 radical (unpaired) electrons. The highest BCUT2D eigenvalue weighted by Crippen LogP contribution is 2.42. The van der Waals surface area contributed by atoms with Gasteiger partial charge in [0.25, 0.3) is 0 Å². The Hall–Kier alpha value is -0.890. The fraction of sp³-hybridized carbons (Fsp3) is 0.688. The number of aromatic nitrogens is 1. The molecule has 2 heteroatoms. The van der Waals surface area contributed by atoms with Crippen molar-refractivity contribution < 1.29 is 0 Å². The largest absolute Gasteiger partial charge is 0.310 e. The van der Waals surface area contributed by atoms with E-state index in [0.717, 1.165) is 12.5 Å². The van der Waals surface area contributed by atoms with Gasteiger partial charge in [-0.05, 0) is 55.2 Å². The maximum Gasteiger partial charge on any atom is 0.0363 e. The monoisotopic (exact) mass is 246 g/mol. The molecule has 100 valence electrons. The van der Waals surface area contributed by atoms with Gasteiger partial charge in [0.15, 0.2) is 0 Å². The smallest absolute Gasteiger partial charge is 0.0363 e. The van der Waals surface area contributed by atoms with Crippen LogP contribution in [0.4, 0.5) is 0 Å². The molecule has 1 atom stereocenters. The SMILES string of the molecule is CCNC(c1cccnc1)C1CCC(C)(C)CC1. The minimum absolute atomic E-state index is 0.486. The first-order valence-electron chi connectivity index (χ1n) is 7.26. The van der Waals surface area contributed by atoms with Crippen LogP contribution >= 0.6 is 0 Å².